The van der Waals surface area contributed by atoms with Crippen LogP contribution in [0, 0.1) is 0 Å². The molecule has 1 aromatic heterocycles. The van der Waals surface area contributed by atoms with Crippen LogP contribution in [0.1, 0.15) is 31.4 Å². The summed E-state index contributed by atoms with van der Waals surface area (Å²) in [6.07, 6.45) is 6.78. The topological polar surface area (TPSA) is 29.9 Å². The Bertz CT molecular complexity index is 364. The molecule has 3 rings (SSSR count). The summed E-state index contributed by atoms with van der Waals surface area (Å²) in [6, 6.07) is 0. The molecule has 0 amide bonds. The molecule has 1 unspecified atom stereocenters. The highest BCUT2D eigenvalue weighted by Crippen LogP contribution is 2.39. The van der Waals surface area contributed by atoms with E-state index in [1.54, 1.807) is 0 Å². The number of aromatic nitrogens is 2. The molecule has 0 saturated carbocycles. The molecule has 0 bridgehead atoms. The first-order chi connectivity index (χ1) is 7.77. The fourth-order valence-corrected chi connectivity index (χ4v) is 3.92. The van der Waals surface area contributed by atoms with E-state index in [0.29, 0.717) is 10.7 Å². The van der Waals surface area contributed by atoms with Crippen molar-refractivity contribution in [1.82, 2.24) is 14.9 Å². The maximum atomic E-state index is 4.32. The van der Waals surface area contributed by atoms with E-state index >= 15 is 0 Å². The summed E-state index contributed by atoms with van der Waals surface area (Å²) in [7, 11) is 0. The molecule has 1 N–H and O–H groups in total. The Hall–Kier alpha value is -0.480. The SMILES string of the molecule is CC1(Cn2cncc2C2CNC2)CCCS1. The van der Waals surface area contributed by atoms with Crippen molar-refractivity contribution in [3.05, 3.63) is 18.2 Å². The average Bonchev–Trinajstić information content (AvgIpc) is 2.75. The molecular formula is C12H19N3S. The van der Waals surface area contributed by atoms with E-state index in [0.717, 1.165) is 19.6 Å². The molecule has 2 saturated heterocycles. The van der Waals surface area contributed by atoms with Gasteiger partial charge in [0.2, 0.25) is 0 Å². The van der Waals surface area contributed by atoms with Crippen LogP contribution in [0.15, 0.2) is 12.5 Å². The van der Waals surface area contributed by atoms with Gasteiger partial charge in [0.05, 0.1) is 6.33 Å². The summed E-state index contributed by atoms with van der Waals surface area (Å²) in [5.41, 5.74) is 1.42. The van der Waals surface area contributed by atoms with Crippen molar-refractivity contribution in [2.75, 3.05) is 18.8 Å². The second kappa shape index (κ2) is 4.08. The van der Waals surface area contributed by atoms with E-state index in [2.05, 4.69) is 39.8 Å². The van der Waals surface area contributed by atoms with Crippen LogP contribution < -0.4 is 5.32 Å². The second-order valence-electron chi connectivity index (χ2n) is 5.20. The summed E-state index contributed by atoms with van der Waals surface area (Å²) in [5.74, 6) is 2.02. The number of nitrogens with one attached hydrogen (secondary N) is 1. The standard InChI is InChI=1S/C12H19N3S/c1-12(3-2-4-16-12)8-15-9-14-7-11(15)10-5-13-6-10/h7,9-10,13H,2-6,8H2,1H3. The number of thioether (sulfide) groups is 1. The molecule has 2 aliphatic heterocycles. The third-order valence-electron chi connectivity index (χ3n) is 3.75. The molecule has 4 heteroatoms. The number of hydrogen-bond acceptors (Lipinski definition) is 3. The molecule has 0 radical (unpaired) electrons. The van der Waals surface area contributed by atoms with Crippen LogP contribution in [0.4, 0.5) is 0 Å². The van der Waals surface area contributed by atoms with Crippen molar-refractivity contribution in [3.8, 4) is 0 Å². The van der Waals surface area contributed by atoms with E-state index in [4.69, 9.17) is 0 Å². The lowest BCUT2D eigenvalue weighted by molar-refractivity contribution is 0.410. The fraction of sp³-hybridized carbons (Fsp3) is 0.750. The highest BCUT2D eigenvalue weighted by molar-refractivity contribution is 8.00. The minimum absolute atomic E-state index is 0.437. The predicted molar refractivity (Wildman–Crippen MR) is 67.9 cm³/mol. The van der Waals surface area contributed by atoms with Gasteiger partial charge in [-0.1, -0.05) is 0 Å². The smallest absolute Gasteiger partial charge is 0.0948 e. The zero-order chi connectivity index (χ0) is 11.0. The van der Waals surface area contributed by atoms with Crippen LogP contribution in [-0.4, -0.2) is 33.1 Å². The van der Waals surface area contributed by atoms with E-state index in [1.807, 2.05) is 6.33 Å². The van der Waals surface area contributed by atoms with Gasteiger partial charge in [0, 0.05) is 42.2 Å². The van der Waals surface area contributed by atoms with Gasteiger partial charge in [-0.2, -0.15) is 11.8 Å². The highest BCUT2D eigenvalue weighted by Gasteiger charge is 2.31. The van der Waals surface area contributed by atoms with Gasteiger partial charge in [0.15, 0.2) is 0 Å². The van der Waals surface area contributed by atoms with Crippen molar-refractivity contribution in [2.45, 2.75) is 37.0 Å². The van der Waals surface area contributed by atoms with E-state index in [-0.39, 0.29) is 0 Å². The molecule has 0 spiro atoms. The first-order valence-electron chi connectivity index (χ1n) is 6.12. The van der Waals surface area contributed by atoms with Crippen molar-refractivity contribution >= 4 is 11.8 Å². The Labute approximate surface area is 101 Å². The van der Waals surface area contributed by atoms with Crippen molar-refractivity contribution in [3.63, 3.8) is 0 Å². The molecule has 1 atom stereocenters. The molecule has 1 aromatic rings. The molecule has 3 nitrogen and oxygen atoms in total. The van der Waals surface area contributed by atoms with Crippen LogP contribution in [0.5, 0.6) is 0 Å². The fourth-order valence-electron chi connectivity index (χ4n) is 2.62. The lowest BCUT2D eigenvalue weighted by atomic mass is 9.99. The van der Waals surface area contributed by atoms with Crippen LogP contribution in [0.2, 0.25) is 0 Å². The lowest BCUT2D eigenvalue weighted by Crippen LogP contribution is -2.41. The van der Waals surface area contributed by atoms with E-state index in [1.165, 1.54) is 24.3 Å². The van der Waals surface area contributed by atoms with E-state index in [9.17, 15) is 0 Å². The minimum Gasteiger partial charge on any atom is -0.333 e. The molecule has 0 aromatic carbocycles. The van der Waals surface area contributed by atoms with Gasteiger partial charge in [0.1, 0.15) is 0 Å². The van der Waals surface area contributed by atoms with Crippen molar-refractivity contribution in [2.24, 2.45) is 0 Å². The Balaban J connectivity index is 1.76. The Morgan fingerprint density at radius 1 is 1.62 bits per heavy atom. The predicted octanol–water partition coefficient (Wildman–Crippen LogP) is 1.86. The third-order valence-corrected chi connectivity index (χ3v) is 5.27. The number of rotatable bonds is 3. The lowest BCUT2D eigenvalue weighted by Gasteiger charge is -2.30. The summed E-state index contributed by atoms with van der Waals surface area (Å²) in [5, 5.41) is 3.33. The Morgan fingerprint density at radius 2 is 2.50 bits per heavy atom. The zero-order valence-corrected chi connectivity index (χ0v) is 10.6. The van der Waals surface area contributed by atoms with Crippen LogP contribution in [0.25, 0.3) is 0 Å². The first kappa shape index (κ1) is 10.7. The van der Waals surface area contributed by atoms with Crippen LogP contribution in [0.3, 0.4) is 0 Å². The molecule has 2 fully saturated rings. The van der Waals surface area contributed by atoms with Crippen LogP contribution >= 0.6 is 11.8 Å². The van der Waals surface area contributed by atoms with Gasteiger partial charge in [-0.05, 0) is 25.5 Å². The molecule has 16 heavy (non-hydrogen) atoms. The third kappa shape index (κ3) is 1.89. The molecule has 2 aliphatic rings. The van der Waals surface area contributed by atoms with Gasteiger partial charge in [-0.25, -0.2) is 4.98 Å². The van der Waals surface area contributed by atoms with Crippen LogP contribution in [-0.2, 0) is 6.54 Å². The Morgan fingerprint density at radius 3 is 3.12 bits per heavy atom. The minimum atomic E-state index is 0.437. The van der Waals surface area contributed by atoms with Gasteiger partial charge in [-0.15, -0.1) is 0 Å². The van der Waals surface area contributed by atoms with Gasteiger partial charge < -0.3 is 9.88 Å². The average molecular weight is 237 g/mol. The van der Waals surface area contributed by atoms with Gasteiger partial charge in [0.25, 0.3) is 0 Å². The number of nitrogens with zero attached hydrogens (tertiary/aromatic N) is 2. The molecule has 0 aliphatic carbocycles. The summed E-state index contributed by atoms with van der Waals surface area (Å²) in [6.45, 7) is 5.77. The van der Waals surface area contributed by atoms with Crippen molar-refractivity contribution in [1.29, 1.82) is 0 Å². The molecule has 88 valence electrons. The summed E-state index contributed by atoms with van der Waals surface area (Å²) < 4.78 is 2.82. The summed E-state index contributed by atoms with van der Waals surface area (Å²) >= 11 is 2.12. The second-order valence-corrected chi connectivity index (χ2v) is 6.89. The number of hydrogen-bond donors (Lipinski definition) is 1. The first-order valence-corrected chi connectivity index (χ1v) is 7.10. The quantitative estimate of drug-likeness (QED) is 0.870. The summed E-state index contributed by atoms with van der Waals surface area (Å²) in [4.78, 5) is 4.32. The molecule has 3 heterocycles. The largest absolute Gasteiger partial charge is 0.333 e. The zero-order valence-electron chi connectivity index (χ0n) is 9.78. The van der Waals surface area contributed by atoms with Crippen molar-refractivity contribution < 1.29 is 0 Å². The number of imidazole rings is 1. The van der Waals surface area contributed by atoms with Gasteiger partial charge in [-0.3, -0.25) is 0 Å². The van der Waals surface area contributed by atoms with E-state index < -0.39 is 0 Å². The maximum Gasteiger partial charge on any atom is 0.0948 e. The normalized spacial score (nSPS) is 30.6. The van der Waals surface area contributed by atoms with Gasteiger partial charge >= 0.3 is 0 Å². The highest BCUT2D eigenvalue weighted by atomic mass is 32.2. The Kier molecular flexibility index (Phi) is 2.72. The maximum absolute atomic E-state index is 4.32. The molecular weight excluding hydrogens is 218 g/mol. The monoisotopic (exact) mass is 237 g/mol.